The second kappa shape index (κ2) is 6.20. The number of rotatable bonds is 4. The molecule has 114 valence electrons. The molecule has 1 amide bonds. The number of non-ortho nitro benzene ring substituents is 1. The highest BCUT2D eigenvalue weighted by Crippen LogP contribution is 2.27. The molecule has 1 N–H and O–H groups in total. The second-order valence-electron chi connectivity index (χ2n) is 4.84. The molecule has 0 atom stereocenters. The van der Waals surface area contributed by atoms with Gasteiger partial charge in [0, 0.05) is 18.6 Å². The Kier molecular flexibility index (Phi) is 4.12. The van der Waals surface area contributed by atoms with Gasteiger partial charge in [0.1, 0.15) is 0 Å². The van der Waals surface area contributed by atoms with Crippen molar-refractivity contribution >= 4 is 28.1 Å². The van der Waals surface area contributed by atoms with Gasteiger partial charge in [-0.05, 0) is 5.56 Å². The summed E-state index contributed by atoms with van der Waals surface area (Å²) >= 11 is 1.42. The molecule has 7 nitrogen and oxygen atoms in total. The second-order valence-corrected chi connectivity index (χ2v) is 5.92. The number of ether oxygens (including phenoxy) is 1. The van der Waals surface area contributed by atoms with Gasteiger partial charge in [-0.15, -0.1) is 0 Å². The van der Waals surface area contributed by atoms with Crippen LogP contribution in [0.2, 0.25) is 0 Å². The van der Waals surface area contributed by atoms with Crippen molar-refractivity contribution in [3.8, 4) is 0 Å². The number of carbonyl (C=O) groups is 1. The number of anilines is 1. The van der Waals surface area contributed by atoms with Crippen LogP contribution in [0, 0.1) is 10.1 Å². The highest BCUT2D eigenvalue weighted by molar-refractivity contribution is 7.15. The zero-order chi connectivity index (χ0) is 15.5. The van der Waals surface area contributed by atoms with Gasteiger partial charge in [0.25, 0.3) is 5.69 Å². The molecule has 0 fully saturated rings. The summed E-state index contributed by atoms with van der Waals surface area (Å²) in [6, 6.07) is 5.95. The Bertz CT molecular complexity index is 688. The van der Waals surface area contributed by atoms with Crippen LogP contribution in [0.15, 0.2) is 24.3 Å². The van der Waals surface area contributed by atoms with Gasteiger partial charge >= 0.3 is 0 Å². The van der Waals surface area contributed by atoms with E-state index in [1.54, 1.807) is 12.1 Å². The van der Waals surface area contributed by atoms with E-state index in [2.05, 4.69) is 10.3 Å². The number of aromatic nitrogens is 1. The van der Waals surface area contributed by atoms with Crippen molar-refractivity contribution in [3.05, 3.63) is 50.5 Å². The molecule has 0 unspecified atom stereocenters. The average molecular weight is 319 g/mol. The molecular weight excluding hydrogens is 306 g/mol. The smallest absolute Gasteiger partial charge is 0.269 e. The molecule has 0 saturated heterocycles. The largest absolute Gasteiger partial charge is 0.375 e. The lowest BCUT2D eigenvalue weighted by Gasteiger charge is -2.08. The number of thiazole rings is 1. The van der Waals surface area contributed by atoms with Crippen molar-refractivity contribution in [3.63, 3.8) is 0 Å². The Morgan fingerprint density at radius 1 is 1.41 bits per heavy atom. The van der Waals surface area contributed by atoms with Crippen LogP contribution in [0.1, 0.15) is 16.1 Å². The summed E-state index contributed by atoms with van der Waals surface area (Å²) in [6.07, 6.45) is 0.919. The van der Waals surface area contributed by atoms with E-state index in [0.29, 0.717) is 23.9 Å². The molecule has 8 heteroatoms. The van der Waals surface area contributed by atoms with E-state index >= 15 is 0 Å². The van der Waals surface area contributed by atoms with Crippen molar-refractivity contribution in [2.75, 3.05) is 11.9 Å². The zero-order valence-corrected chi connectivity index (χ0v) is 12.4. The number of nitro benzene ring substituents is 1. The Hall–Kier alpha value is -2.32. The fourth-order valence-corrected chi connectivity index (χ4v) is 3.12. The highest BCUT2D eigenvalue weighted by atomic mass is 32.1. The van der Waals surface area contributed by atoms with Gasteiger partial charge < -0.3 is 10.1 Å². The molecule has 0 saturated carbocycles. The first-order valence-corrected chi connectivity index (χ1v) is 7.53. The molecule has 1 aromatic carbocycles. The van der Waals surface area contributed by atoms with E-state index in [4.69, 9.17) is 4.74 Å². The fourth-order valence-electron chi connectivity index (χ4n) is 2.16. The number of carbonyl (C=O) groups excluding carboxylic acids is 1. The molecule has 2 heterocycles. The van der Waals surface area contributed by atoms with E-state index < -0.39 is 4.92 Å². The maximum absolute atomic E-state index is 12.0. The molecule has 2 aromatic rings. The Balaban J connectivity index is 1.62. The number of nitrogens with one attached hydrogen (secondary N) is 1. The lowest BCUT2D eigenvalue weighted by atomic mass is 10.1. The van der Waals surface area contributed by atoms with Crippen molar-refractivity contribution in [2.45, 2.75) is 19.4 Å². The zero-order valence-electron chi connectivity index (χ0n) is 11.6. The Morgan fingerprint density at radius 2 is 2.18 bits per heavy atom. The third-order valence-corrected chi connectivity index (χ3v) is 4.24. The van der Waals surface area contributed by atoms with Crippen LogP contribution in [-0.2, 0) is 29.0 Å². The maximum Gasteiger partial charge on any atom is 0.269 e. The van der Waals surface area contributed by atoms with E-state index in [1.165, 1.54) is 23.5 Å². The number of hydrogen-bond donors (Lipinski definition) is 1. The topological polar surface area (TPSA) is 94.4 Å². The van der Waals surface area contributed by atoms with Crippen LogP contribution in [0.25, 0.3) is 0 Å². The van der Waals surface area contributed by atoms with Crippen molar-refractivity contribution in [1.82, 2.24) is 4.98 Å². The molecule has 22 heavy (non-hydrogen) atoms. The predicted octanol–water partition coefficient (Wildman–Crippen LogP) is 2.31. The standard InChI is InChI=1S/C14H13N3O4S/c18-13(7-9-1-3-10(4-2-9)17(19)20)16-14-15-11-5-6-21-8-12(11)22-14/h1-4H,5-8H2,(H,15,16,18). The van der Waals surface area contributed by atoms with E-state index in [1.807, 2.05) is 0 Å². The predicted molar refractivity (Wildman–Crippen MR) is 80.9 cm³/mol. The van der Waals surface area contributed by atoms with Crippen LogP contribution < -0.4 is 5.32 Å². The monoisotopic (exact) mass is 319 g/mol. The normalized spacial score (nSPS) is 13.5. The highest BCUT2D eigenvalue weighted by Gasteiger charge is 2.17. The minimum atomic E-state index is -0.466. The van der Waals surface area contributed by atoms with Crippen LogP contribution in [0.3, 0.4) is 0 Å². The molecule has 1 aliphatic heterocycles. The van der Waals surface area contributed by atoms with Crippen LogP contribution in [0.4, 0.5) is 10.8 Å². The maximum atomic E-state index is 12.0. The van der Waals surface area contributed by atoms with Gasteiger partial charge in [0.2, 0.25) is 5.91 Å². The van der Waals surface area contributed by atoms with E-state index in [-0.39, 0.29) is 18.0 Å². The summed E-state index contributed by atoms with van der Waals surface area (Å²) < 4.78 is 5.34. The van der Waals surface area contributed by atoms with E-state index in [9.17, 15) is 14.9 Å². The van der Waals surface area contributed by atoms with Crippen molar-refractivity contribution in [2.24, 2.45) is 0 Å². The number of amides is 1. The molecule has 0 aliphatic carbocycles. The van der Waals surface area contributed by atoms with E-state index in [0.717, 1.165) is 17.0 Å². The first-order valence-electron chi connectivity index (χ1n) is 6.71. The summed E-state index contributed by atoms with van der Waals surface area (Å²) in [4.78, 5) is 27.6. The van der Waals surface area contributed by atoms with Crippen LogP contribution in [-0.4, -0.2) is 22.4 Å². The first-order chi connectivity index (χ1) is 10.6. The average Bonchev–Trinajstić information content (AvgIpc) is 2.89. The summed E-state index contributed by atoms with van der Waals surface area (Å²) in [6.45, 7) is 1.21. The molecule has 0 bridgehead atoms. The van der Waals surface area contributed by atoms with Crippen molar-refractivity contribution in [1.29, 1.82) is 0 Å². The van der Waals surface area contributed by atoms with Gasteiger partial charge in [-0.25, -0.2) is 4.98 Å². The first kappa shape index (κ1) is 14.6. The number of hydrogen-bond acceptors (Lipinski definition) is 6. The molecule has 0 spiro atoms. The molecule has 3 rings (SSSR count). The summed E-state index contributed by atoms with van der Waals surface area (Å²) in [5.74, 6) is -0.194. The molecule has 1 aromatic heterocycles. The molecule has 0 radical (unpaired) electrons. The van der Waals surface area contributed by atoms with Crippen LogP contribution >= 0.6 is 11.3 Å². The number of benzene rings is 1. The summed E-state index contributed by atoms with van der Waals surface area (Å²) in [5, 5.41) is 13.9. The summed E-state index contributed by atoms with van der Waals surface area (Å²) in [5.41, 5.74) is 1.71. The Morgan fingerprint density at radius 3 is 2.86 bits per heavy atom. The van der Waals surface area contributed by atoms with Gasteiger partial charge in [-0.2, -0.15) is 0 Å². The number of nitro groups is 1. The number of nitrogens with zero attached hydrogens (tertiary/aromatic N) is 2. The van der Waals surface area contributed by atoms with Crippen molar-refractivity contribution < 1.29 is 14.5 Å². The SMILES string of the molecule is O=C(Cc1ccc([N+](=O)[O-])cc1)Nc1nc2c(s1)COCC2. The number of fused-ring (bicyclic) bond motifs is 1. The van der Waals surface area contributed by atoms with Gasteiger partial charge in [0.15, 0.2) is 5.13 Å². The third-order valence-electron chi connectivity index (χ3n) is 3.25. The third kappa shape index (κ3) is 3.29. The fraction of sp³-hybridized carbons (Fsp3) is 0.286. The minimum absolute atomic E-state index is 0.0109. The van der Waals surface area contributed by atoms with Gasteiger partial charge in [-0.3, -0.25) is 14.9 Å². The van der Waals surface area contributed by atoms with Gasteiger partial charge in [-0.1, -0.05) is 23.5 Å². The Labute approximate surface area is 130 Å². The minimum Gasteiger partial charge on any atom is -0.375 e. The molecular formula is C14H13N3O4S. The lowest BCUT2D eigenvalue weighted by Crippen LogP contribution is -2.14. The van der Waals surface area contributed by atoms with Crippen LogP contribution in [0.5, 0.6) is 0 Å². The molecule has 1 aliphatic rings. The lowest BCUT2D eigenvalue weighted by molar-refractivity contribution is -0.384. The quantitative estimate of drug-likeness (QED) is 0.689. The summed E-state index contributed by atoms with van der Waals surface area (Å²) in [7, 11) is 0. The van der Waals surface area contributed by atoms with Gasteiger partial charge in [0.05, 0.1) is 35.1 Å².